The van der Waals surface area contributed by atoms with Gasteiger partial charge in [0.25, 0.3) is 0 Å². The SMILES string of the molecule is NC(=O)Cc1csc(CCC(=O)Cc2csc(-n3cccc3)n2)n1. The van der Waals surface area contributed by atoms with Crippen LogP contribution in [0.4, 0.5) is 0 Å². The predicted molar refractivity (Wildman–Crippen MR) is 93.5 cm³/mol. The van der Waals surface area contributed by atoms with Crippen LogP contribution in [0.3, 0.4) is 0 Å². The van der Waals surface area contributed by atoms with Gasteiger partial charge in [0.1, 0.15) is 5.78 Å². The Hall–Kier alpha value is -2.32. The number of aromatic nitrogens is 3. The summed E-state index contributed by atoms with van der Waals surface area (Å²) in [5, 5.41) is 5.44. The number of nitrogens with two attached hydrogens (primary N) is 1. The van der Waals surface area contributed by atoms with Crippen LogP contribution in [0.1, 0.15) is 22.8 Å². The molecule has 6 nitrogen and oxygen atoms in total. The van der Waals surface area contributed by atoms with Crippen molar-refractivity contribution in [3.8, 4) is 5.13 Å². The highest BCUT2D eigenvalue weighted by Crippen LogP contribution is 2.17. The van der Waals surface area contributed by atoms with Crippen molar-refractivity contribution in [3.05, 3.63) is 51.7 Å². The van der Waals surface area contributed by atoms with Crippen molar-refractivity contribution in [1.82, 2.24) is 14.5 Å². The molecule has 8 heteroatoms. The summed E-state index contributed by atoms with van der Waals surface area (Å²) in [5.74, 6) is -0.268. The molecule has 0 unspecified atom stereocenters. The summed E-state index contributed by atoms with van der Waals surface area (Å²) >= 11 is 2.97. The molecule has 0 fully saturated rings. The summed E-state index contributed by atoms with van der Waals surface area (Å²) in [6, 6.07) is 3.87. The molecule has 124 valence electrons. The third-order valence-corrected chi connectivity index (χ3v) is 5.18. The molecule has 24 heavy (non-hydrogen) atoms. The van der Waals surface area contributed by atoms with Gasteiger partial charge in [0.2, 0.25) is 5.91 Å². The standard InChI is InChI=1S/C16H16N4O2S2/c17-14(22)8-12-9-23-15(18-12)4-3-13(21)7-11-10-24-16(19-11)20-5-1-2-6-20/h1-2,5-6,9-10H,3-4,7-8H2,(H2,17,22). The Morgan fingerprint density at radius 2 is 1.75 bits per heavy atom. The summed E-state index contributed by atoms with van der Waals surface area (Å²) in [4.78, 5) is 31.8. The Kier molecular flexibility index (Phi) is 5.17. The zero-order valence-corrected chi connectivity index (χ0v) is 14.5. The predicted octanol–water partition coefficient (Wildman–Crippen LogP) is 2.16. The van der Waals surface area contributed by atoms with Crippen molar-refractivity contribution < 1.29 is 9.59 Å². The quantitative estimate of drug-likeness (QED) is 0.666. The number of Topliss-reactive ketones (excluding diaryl/α,β-unsaturated/α-hetero) is 1. The molecule has 0 aliphatic heterocycles. The Labute approximate surface area is 147 Å². The maximum absolute atomic E-state index is 12.1. The van der Waals surface area contributed by atoms with Gasteiger partial charge in [0, 0.05) is 42.4 Å². The van der Waals surface area contributed by atoms with Gasteiger partial charge in [0.05, 0.1) is 22.8 Å². The number of aryl methyl sites for hydroxylation is 1. The van der Waals surface area contributed by atoms with E-state index in [9.17, 15) is 9.59 Å². The fourth-order valence-corrected chi connectivity index (χ4v) is 3.81. The molecule has 3 aromatic rings. The summed E-state index contributed by atoms with van der Waals surface area (Å²) in [7, 11) is 0. The van der Waals surface area contributed by atoms with E-state index in [1.54, 1.807) is 0 Å². The second-order valence-electron chi connectivity index (χ2n) is 5.30. The largest absolute Gasteiger partial charge is 0.369 e. The molecule has 0 aliphatic rings. The van der Waals surface area contributed by atoms with Gasteiger partial charge in [-0.1, -0.05) is 0 Å². The first-order valence-corrected chi connectivity index (χ1v) is 9.17. The zero-order valence-electron chi connectivity index (χ0n) is 12.8. The summed E-state index contributed by atoms with van der Waals surface area (Å²) < 4.78 is 1.93. The molecule has 3 rings (SSSR count). The lowest BCUT2D eigenvalue weighted by atomic mass is 10.1. The van der Waals surface area contributed by atoms with Crippen molar-refractivity contribution in [2.45, 2.75) is 25.7 Å². The maximum atomic E-state index is 12.1. The molecule has 0 radical (unpaired) electrons. The molecule has 0 atom stereocenters. The highest BCUT2D eigenvalue weighted by atomic mass is 32.1. The highest BCUT2D eigenvalue weighted by Gasteiger charge is 2.11. The number of carbonyl (C=O) groups is 2. The molecule has 0 saturated heterocycles. The molecule has 0 aromatic carbocycles. The number of thiazole rings is 2. The van der Waals surface area contributed by atoms with Gasteiger partial charge >= 0.3 is 0 Å². The number of hydrogen-bond acceptors (Lipinski definition) is 6. The van der Waals surface area contributed by atoms with E-state index in [-0.39, 0.29) is 12.2 Å². The van der Waals surface area contributed by atoms with Crippen molar-refractivity contribution in [3.63, 3.8) is 0 Å². The molecule has 1 amide bonds. The average molecular weight is 360 g/mol. The van der Waals surface area contributed by atoms with Crippen LogP contribution in [0.2, 0.25) is 0 Å². The Morgan fingerprint density at radius 1 is 1.04 bits per heavy atom. The molecule has 3 aromatic heterocycles. The zero-order chi connectivity index (χ0) is 16.9. The Bertz CT molecular complexity index is 836. The number of carbonyl (C=O) groups excluding carboxylic acids is 2. The minimum absolute atomic E-state index is 0.131. The second-order valence-corrected chi connectivity index (χ2v) is 7.08. The number of rotatable bonds is 8. The topological polar surface area (TPSA) is 90.9 Å². The minimum Gasteiger partial charge on any atom is -0.369 e. The number of hydrogen-bond donors (Lipinski definition) is 1. The minimum atomic E-state index is -0.398. The van der Waals surface area contributed by atoms with E-state index in [0.717, 1.165) is 15.8 Å². The summed E-state index contributed by atoms with van der Waals surface area (Å²) in [6.07, 6.45) is 5.33. The van der Waals surface area contributed by atoms with Crippen LogP contribution in [0, 0.1) is 0 Å². The Balaban J connectivity index is 1.51. The van der Waals surface area contributed by atoms with E-state index in [4.69, 9.17) is 5.73 Å². The van der Waals surface area contributed by atoms with Gasteiger partial charge < -0.3 is 10.3 Å². The second kappa shape index (κ2) is 7.50. The van der Waals surface area contributed by atoms with Crippen LogP contribution in [0.5, 0.6) is 0 Å². The van der Waals surface area contributed by atoms with Crippen molar-refractivity contribution in [2.75, 3.05) is 0 Å². The molecule has 3 heterocycles. The molecule has 0 spiro atoms. The van der Waals surface area contributed by atoms with Crippen LogP contribution in [-0.4, -0.2) is 26.2 Å². The third kappa shape index (κ3) is 4.36. The molecular formula is C16H16N4O2S2. The Morgan fingerprint density at radius 3 is 2.50 bits per heavy atom. The average Bonchev–Trinajstić information content (AvgIpc) is 3.26. The van der Waals surface area contributed by atoms with E-state index in [1.165, 1.54) is 22.7 Å². The molecule has 0 aliphatic carbocycles. The molecular weight excluding hydrogens is 344 g/mol. The van der Waals surface area contributed by atoms with Crippen LogP contribution in [-0.2, 0) is 28.9 Å². The van der Waals surface area contributed by atoms with Crippen molar-refractivity contribution >= 4 is 34.4 Å². The van der Waals surface area contributed by atoms with Gasteiger partial charge in [-0.05, 0) is 12.1 Å². The van der Waals surface area contributed by atoms with E-state index < -0.39 is 5.91 Å². The van der Waals surface area contributed by atoms with E-state index in [1.807, 2.05) is 39.9 Å². The van der Waals surface area contributed by atoms with Gasteiger partial charge in [0.15, 0.2) is 5.13 Å². The third-order valence-electron chi connectivity index (χ3n) is 3.32. The van der Waals surface area contributed by atoms with E-state index in [0.29, 0.717) is 25.0 Å². The fraction of sp³-hybridized carbons (Fsp3) is 0.250. The van der Waals surface area contributed by atoms with Gasteiger partial charge in [-0.15, -0.1) is 22.7 Å². The lowest BCUT2D eigenvalue weighted by Crippen LogP contribution is -2.13. The van der Waals surface area contributed by atoms with Gasteiger partial charge in [-0.2, -0.15) is 0 Å². The van der Waals surface area contributed by atoms with Crippen molar-refractivity contribution in [2.24, 2.45) is 5.73 Å². The van der Waals surface area contributed by atoms with Crippen LogP contribution in [0.25, 0.3) is 5.13 Å². The molecule has 0 bridgehead atoms. The number of primary amides is 1. The number of amides is 1. The smallest absolute Gasteiger partial charge is 0.223 e. The van der Waals surface area contributed by atoms with Crippen LogP contribution in [0.15, 0.2) is 35.3 Å². The maximum Gasteiger partial charge on any atom is 0.223 e. The van der Waals surface area contributed by atoms with Gasteiger partial charge in [-0.25, -0.2) is 9.97 Å². The van der Waals surface area contributed by atoms with Gasteiger partial charge in [-0.3, -0.25) is 9.59 Å². The first-order valence-electron chi connectivity index (χ1n) is 7.41. The van der Waals surface area contributed by atoms with Crippen LogP contribution >= 0.6 is 22.7 Å². The lowest BCUT2D eigenvalue weighted by molar-refractivity contribution is -0.119. The van der Waals surface area contributed by atoms with E-state index in [2.05, 4.69) is 9.97 Å². The van der Waals surface area contributed by atoms with E-state index >= 15 is 0 Å². The first-order chi connectivity index (χ1) is 11.6. The summed E-state index contributed by atoms with van der Waals surface area (Å²) in [5.41, 5.74) is 6.61. The molecule has 2 N–H and O–H groups in total. The first kappa shape index (κ1) is 16.5. The lowest BCUT2D eigenvalue weighted by Gasteiger charge is -1.98. The number of nitrogens with zero attached hydrogens (tertiary/aromatic N) is 3. The highest BCUT2D eigenvalue weighted by molar-refractivity contribution is 7.12. The summed E-state index contributed by atoms with van der Waals surface area (Å²) in [6.45, 7) is 0. The fourth-order valence-electron chi connectivity index (χ4n) is 2.22. The van der Waals surface area contributed by atoms with Crippen LogP contribution < -0.4 is 5.73 Å². The monoisotopic (exact) mass is 360 g/mol. The number of ketones is 1. The normalized spacial score (nSPS) is 10.8. The van der Waals surface area contributed by atoms with Crippen molar-refractivity contribution in [1.29, 1.82) is 0 Å². The molecule has 0 saturated carbocycles.